The average molecular weight is 334 g/mol. The Bertz CT molecular complexity index is 775. The van der Waals surface area contributed by atoms with E-state index in [1.54, 1.807) is 48.5 Å². The molecule has 0 fully saturated rings. The Hall–Kier alpha value is -1.80. The average Bonchev–Trinajstić information content (AvgIpc) is 2.48. The van der Waals surface area contributed by atoms with E-state index >= 15 is 0 Å². The molecule has 0 aliphatic carbocycles. The van der Waals surface area contributed by atoms with Gasteiger partial charge in [0.25, 0.3) is 0 Å². The number of halogens is 1. The fourth-order valence-electron chi connectivity index (χ4n) is 2.01. The molecule has 0 saturated heterocycles. The molecule has 0 aliphatic rings. The highest BCUT2D eigenvalue weighted by atomic mass is 35.5. The van der Waals surface area contributed by atoms with Crippen LogP contribution in [0.5, 0.6) is 0 Å². The first kappa shape index (κ1) is 16.6. The summed E-state index contributed by atoms with van der Waals surface area (Å²) in [5.74, 6) is 2.50. The Morgan fingerprint density at radius 2 is 1.73 bits per heavy atom. The number of rotatable bonds is 5. The minimum atomic E-state index is -3.64. The summed E-state index contributed by atoms with van der Waals surface area (Å²) in [6, 6.07) is 13.1. The van der Waals surface area contributed by atoms with E-state index in [9.17, 15) is 8.42 Å². The lowest BCUT2D eigenvalue weighted by atomic mass is 10.1. The summed E-state index contributed by atoms with van der Waals surface area (Å²) in [6.07, 6.45) is 5.62. The van der Waals surface area contributed by atoms with E-state index < -0.39 is 16.1 Å². The van der Waals surface area contributed by atoms with Gasteiger partial charge >= 0.3 is 0 Å². The van der Waals surface area contributed by atoms with Crippen molar-refractivity contribution in [1.82, 2.24) is 4.72 Å². The lowest BCUT2D eigenvalue weighted by molar-refractivity contribution is 0.559. The van der Waals surface area contributed by atoms with Crippen LogP contribution in [-0.2, 0) is 10.0 Å². The lowest BCUT2D eigenvalue weighted by Gasteiger charge is -2.17. The van der Waals surface area contributed by atoms with Crippen LogP contribution < -0.4 is 4.72 Å². The van der Waals surface area contributed by atoms with Gasteiger partial charge in [-0.2, -0.15) is 0 Å². The number of aryl methyl sites for hydroxylation is 1. The zero-order valence-corrected chi connectivity index (χ0v) is 13.7. The van der Waals surface area contributed by atoms with Crippen LogP contribution in [0.15, 0.2) is 53.4 Å². The first-order valence-corrected chi connectivity index (χ1v) is 8.56. The van der Waals surface area contributed by atoms with Gasteiger partial charge in [-0.25, -0.2) is 13.1 Å². The summed E-state index contributed by atoms with van der Waals surface area (Å²) < 4.78 is 27.6. The van der Waals surface area contributed by atoms with Gasteiger partial charge in [-0.3, -0.25) is 0 Å². The van der Waals surface area contributed by atoms with Gasteiger partial charge < -0.3 is 0 Å². The van der Waals surface area contributed by atoms with Gasteiger partial charge in [0.15, 0.2) is 0 Å². The molecule has 3 nitrogen and oxygen atoms in total. The molecule has 0 aliphatic heterocycles. The predicted molar refractivity (Wildman–Crippen MR) is 89.1 cm³/mol. The standard InChI is InChI=1S/C17H16ClNO2S/c1-3-4-17(14-7-9-15(18)10-8-14)19-22(20,21)16-11-5-13(2)6-12-16/h1,5-12,17,19H,4H2,2H3/t17-/m0/s1. The summed E-state index contributed by atoms with van der Waals surface area (Å²) in [7, 11) is -3.64. The van der Waals surface area contributed by atoms with Crippen LogP contribution in [0, 0.1) is 19.3 Å². The molecule has 0 saturated carbocycles. The molecule has 0 radical (unpaired) electrons. The van der Waals surface area contributed by atoms with Crippen LogP contribution in [0.4, 0.5) is 0 Å². The summed E-state index contributed by atoms with van der Waals surface area (Å²) in [6.45, 7) is 1.90. The van der Waals surface area contributed by atoms with Crippen LogP contribution in [0.2, 0.25) is 5.02 Å². The molecule has 0 amide bonds. The second-order valence-corrected chi connectivity index (χ2v) is 7.10. The molecule has 1 N–H and O–H groups in total. The van der Waals surface area contributed by atoms with Crippen LogP contribution in [0.3, 0.4) is 0 Å². The molecular weight excluding hydrogens is 318 g/mol. The van der Waals surface area contributed by atoms with Gasteiger partial charge in [0.1, 0.15) is 0 Å². The maximum Gasteiger partial charge on any atom is 0.241 e. The Morgan fingerprint density at radius 1 is 1.14 bits per heavy atom. The van der Waals surface area contributed by atoms with Gasteiger partial charge in [0, 0.05) is 11.4 Å². The first-order valence-electron chi connectivity index (χ1n) is 6.70. The Morgan fingerprint density at radius 3 is 2.27 bits per heavy atom. The van der Waals surface area contributed by atoms with Gasteiger partial charge in [-0.15, -0.1) is 12.3 Å². The summed E-state index contributed by atoms with van der Waals surface area (Å²) >= 11 is 5.86. The summed E-state index contributed by atoms with van der Waals surface area (Å²) in [4.78, 5) is 0.217. The minimum absolute atomic E-state index is 0.217. The fourth-order valence-corrected chi connectivity index (χ4v) is 3.36. The zero-order valence-electron chi connectivity index (χ0n) is 12.1. The van der Waals surface area contributed by atoms with E-state index in [2.05, 4.69) is 10.6 Å². The van der Waals surface area contributed by atoms with Crippen molar-refractivity contribution < 1.29 is 8.42 Å². The maximum absolute atomic E-state index is 12.5. The van der Waals surface area contributed by atoms with Crippen LogP contribution >= 0.6 is 11.6 Å². The number of benzene rings is 2. The largest absolute Gasteiger partial charge is 0.241 e. The minimum Gasteiger partial charge on any atom is -0.207 e. The third-order valence-electron chi connectivity index (χ3n) is 3.22. The van der Waals surface area contributed by atoms with E-state index in [-0.39, 0.29) is 11.3 Å². The van der Waals surface area contributed by atoms with Crippen molar-refractivity contribution in [1.29, 1.82) is 0 Å². The maximum atomic E-state index is 12.5. The van der Waals surface area contributed by atoms with Gasteiger partial charge in [-0.1, -0.05) is 41.4 Å². The SMILES string of the molecule is C#CC[C@H](NS(=O)(=O)c1ccc(C)cc1)c1ccc(Cl)cc1. The molecule has 0 unspecified atom stereocenters. The van der Waals surface area contributed by atoms with Gasteiger partial charge in [0.2, 0.25) is 10.0 Å². The van der Waals surface area contributed by atoms with E-state index in [4.69, 9.17) is 18.0 Å². The molecule has 22 heavy (non-hydrogen) atoms. The third-order valence-corrected chi connectivity index (χ3v) is 4.96. The van der Waals surface area contributed by atoms with E-state index in [0.717, 1.165) is 11.1 Å². The van der Waals surface area contributed by atoms with Gasteiger partial charge in [-0.05, 0) is 36.8 Å². The Labute approximate surface area is 136 Å². The molecule has 1 atom stereocenters. The highest BCUT2D eigenvalue weighted by Crippen LogP contribution is 2.22. The number of hydrogen-bond acceptors (Lipinski definition) is 2. The second kappa shape index (κ2) is 6.97. The molecule has 2 aromatic carbocycles. The quantitative estimate of drug-likeness (QED) is 0.848. The smallest absolute Gasteiger partial charge is 0.207 e. The predicted octanol–water partition coefficient (Wildman–Crippen LogP) is 3.69. The monoisotopic (exact) mass is 333 g/mol. The molecule has 114 valence electrons. The van der Waals surface area contributed by atoms with Crippen molar-refractivity contribution in [2.75, 3.05) is 0 Å². The third kappa shape index (κ3) is 4.11. The van der Waals surface area contributed by atoms with E-state index in [1.165, 1.54) is 0 Å². The fraction of sp³-hybridized carbons (Fsp3) is 0.176. The highest BCUT2D eigenvalue weighted by Gasteiger charge is 2.20. The van der Waals surface area contributed by atoms with E-state index in [0.29, 0.717) is 5.02 Å². The normalized spacial score (nSPS) is 12.6. The zero-order chi connectivity index (χ0) is 16.2. The number of hydrogen-bond donors (Lipinski definition) is 1. The van der Waals surface area contributed by atoms with E-state index in [1.807, 2.05) is 6.92 Å². The van der Waals surface area contributed by atoms with Gasteiger partial charge in [0.05, 0.1) is 10.9 Å². The molecule has 5 heteroatoms. The summed E-state index contributed by atoms with van der Waals surface area (Å²) in [5, 5.41) is 0.588. The van der Waals surface area contributed by atoms with Crippen molar-refractivity contribution >= 4 is 21.6 Å². The van der Waals surface area contributed by atoms with Crippen molar-refractivity contribution in [2.45, 2.75) is 24.3 Å². The number of nitrogens with one attached hydrogen (secondary N) is 1. The van der Waals surface area contributed by atoms with Crippen molar-refractivity contribution in [3.8, 4) is 12.3 Å². The molecule has 0 heterocycles. The lowest BCUT2D eigenvalue weighted by Crippen LogP contribution is -2.28. The molecule has 0 bridgehead atoms. The second-order valence-electron chi connectivity index (χ2n) is 4.95. The van der Waals surface area contributed by atoms with Crippen molar-refractivity contribution in [3.05, 3.63) is 64.7 Å². The van der Waals surface area contributed by atoms with Crippen molar-refractivity contribution in [2.24, 2.45) is 0 Å². The molecule has 0 spiro atoms. The van der Waals surface area contributed by atoms with Crippen LogP contribution in [0.1, 0.15) is 23.6 Å². The Kier molecular flexibility index (Phi) is 5.25. The molecule has 0 aromatic heterocycles. The van der Waals surface area contributed by atoms with Crippen LogP contribution in [-0.4, -0.2) is 8.42 Å². The van der Waals surface area contributed by atoms with Crippen LogP contribution in [0.25, 0.3) is 0 Å². The summed E-state index contributed by atoms with van der Waals surface area (Å²) in [5.41, 5.74) is 1.77. The highest BCUT2D eigenvalue weighted by molar-refractivity contribution is 7.89. The Balaban J connectivity index is 2.29. The topological polar surface area (TPSA) is 46.2 Å². The first-order chi connectivity index (χ1) is 10.4. The number of terminal acetylenes is 1. The molecular formula is C17H16ClNO2S. The molecule has 2 aromatic rings. The molecule has 2 rings (SSSR count). The van der Waals surface area contributed by atoms with Crippen molar-refractivity contribution in [3.63, 3.8) is 0 Å². The number of sulfonamides is 1.